The smallest absolute Gasteiger partial charge is 0.269 e. The summed E-state index contributed by atoms with van der Waals surface area (Å²) < 4.78 is 5.36. The van der Waals surface area contributed by atoms with Gasteiger partial charge in [-0.25, -0.2) is 0 Å². The molecule has 0 saturated carbocycles. The number of aryl methyl sites for hydroxylation is 1. The number of nitrogens with one attached hydrogen (secondary N) is 2. The van der Waals surface area contributed by atoms with Crippen molar-refractivity contribution in [3.63, 3.8) is 0 Å². The second kappa shape index (κ2) is 8.67. The van der Waals surface area contributed by atoms with Crippen LogP contribution in [0.2, 0.25) is 0 Å². The van der Waals surface area contributed by atoms with Crippen LogP contribution >= 0.6 is 11.8 Å². The summed E-state index contributed by atoms with van der Waals surface area (Å²) in [5.41, 5.74) is 3.71. The number of rotatable bonds is 6. The van der Waals surface area contributed by atoms with Gasteiger partial charge in [-0.3, -0.25) is 4.79 Å². The van der Waals surface area contributed by atoms with E-state index >= 15 is 0 Å². The van der Waals surface area contributed by atoms with E-state index in [9.17, 15) is 4.79 Å². The summed E-state index contributed by atoms with van der Waals surface area (Å²) in [5, 5.41) is 4.12. The minimum absolute atomic E-state index is 0.100. The first kappa shape index (κ1) is 20.1. The van der Waals surface area contributed by atoms with Crippen molar-refractivity contribution in [1.82, 2.24) is 10.3 Å². The third-order valence-electron chi connectivity index (χ3n) is 5.07. The second-order valence-electron chi connectivity index (χ2n) is 7.26. The molecule has 5 heteroatoms. The van der Waals surface area contributed by atoms with Gasteiger partial charge < -0.3 is 15.0 Å². The summed E-state index contributed by atoms with van der Waals surface area (Å²) in [6.07, 6.45) is 0. The van der Waals surface area contributed by atoms with Crippen molar-refractivity contribution in [3.05, 3.63) is 89.6 Å². The molecule has 3 aromatic carbocycles. The number of benzene rings is 3. The van der Waals surface area contributed by atoms with Crippen LogP contribution < -0.4 is 10.1 Å². The second-order valence-corrected chi connectivity index (χ2v) is 8.35. The summed E-state index contributed by atoms with van der Waals surface area (Å²) in [4.78, 5) is 18.5. The van der Waals surface area contributed by atoms with E-state index in [1.165, 1.54) is 5.56 Å². The molecule has 1 heterocycles. The number of amides is 1. The largest absolute Gasteiger partial charge is 0.497 e. The molecule has 0 aliphatic heterocycles. The van der Waals surface area contributed by atoms with Gasteiger partial charge in [0.2, 0.25) is 0 Å². The van der Waals surface area contributed by atoms with Gasteiger partial charge in [-0.05, 0) is 43.7 Å². The first-order chi connectivity index (χ1) is 14.5. The molecule has 0 spiro atoms. The Balaban J connectivity index is 1.71. The number of carbonyl (C=O) groups is 1. The van der Waals surface area contributed by atoms with Crippen molar-refractivity contribution in [2.24, 2.45) is 0 Å². The molecule has 0 aliphatic carbocycles. The Kier molecular flexibility index (Phi) is 5.81. The average molecular weight is 417 g/mol. The molecule has 4 rings (SSSR count). The van der Waals surface area contributed by atoms with Crippen LogP contribution in [0.5, 0.6) is 5.75 Å². The maximum atomic E-state index is 13.2. The van der Waals surface area contributed by atoms with Crippen LogP contribution in [-0.2, 0) is 0 Å². The number of ether oxygens (including phenoxy) is 1. The number of aromatic nitrogens is 1. The summed E-state index contributed by atoms with van der Waals surface area (Å²) >= 11 is 1.59. The lowest BCUT2D eigenvalue weighted by Gasteiger charge is -2.14. The highest BCUT2D eigenvalue weighted by Crippen LogP contribution is 2.38. The van der Waals surface area contributed by atoms with Gasteiger partial charge in [-0.2, -0.15) is 0 Å². The third kappa shape index (κ3) is 4.21. The van der Waals surface area contributed by atoms with Crippen LogP contribution in [0.25, 0.3) is 10.9 Å². The highest BCUT2D eigenvalue weighted by atomic mass is 32.2. The lowest BCUT2D eigenvalue weighted by molar-refractivity contribution is 0.0932. The summed E-state index contributed by atoms with van der Waals surface area (Å²) in [6, 6.07) is 24.0. The summed E-state index contributed by atoms with van der Waals surface area (Å²) in [5.74, 6) is 0.622. The Morgan fingerprint density at radius 1 is 1.03 bits per heavy atom. The normalized spacial score (nSPS) is 12.0. The monoisotopic (exact) mass is 416 g/mol. The Hall–Kier alpha value is -3.18. The quantitative estimate of drug-likeness (QED) is 0.398. The van der Waals surface area contributed by atoms with Crippen LogP contribution in [0.1, 0.15) is 34.6 Å². The van der Waals surface area contributed by atoms with E-state index < -0.39 is 0 Å². The van der Waals surface area contributed by atoms with Gasteiger partial charge in [-0.1, -0.05) is 59.8 Å². The van der Waals surface area contributed by atoms with E-state index in [1.807, 2.05) is 55.5 Å². The van der Waals surface area contributed by atoms with E-state index in [-0.39, 0.29) is 11.9 Å². The van der Waals surface area contributed by atoms with Gasteiger partial charge in [-0.15, -0.1) is 0 Å². The summed E-state index contributed by atoms with van der Waals surface area (Å²) in [7, 11) is 1.64. The van der Waals surface area contributed by atoms with Crippen molar-refractivity contribution >= 4 is 28.6 Å². The van der Waals surface area contributed by atoms with Crippen LogP contribution in [0.4, 0.5) is 0 Å². The first-order valence-corrected chi connectivity index (χ1v) is 10.7. The predicted octanol–water partition coefficient (Wildman–Crippen LogP) is 6.13. The minimum Gasteiger partial charge on any atom is -0.497 e. The fourth-order valence-electron chi connectivity index (χ4n) is 3.36. The molecule has 4 nitrogen and oxygen atoms in total. The molecule has 0 fully saturated rings. The number of H-pyrrole nitrogens is 1. The van der Waals surface area contributed by atoms with Gasteiger partial charge in [0.25, 0.3) is 5.91 Å². The number of hydrogen-bond acceptors (Lipinski definition) is 3. The standard InChI is InChI=1S/C25H24N2O2S/c1-16-9-12-20(13-10-16)30-24-21-14-11-19(29-3)15-22(21)27-23(24)25(28)26-17(2)18-7-5-4-6-8-18/h4-15,17,27H,1-3H3,(H,26,28). The molecule has 1 unspecified atom stereocenters. The molecule has 30 heavy (non-hydrogen) atoms. The SMILES string of the molecule is COc1ccc2c(Sc3ccc(C)cc3)c(C(=O)NC(C)c3ccccc3)[nH]c2c1. The van der Waals surface area contributed by atoms with Crippen LogP contribution in [0, 0.1) is 6.92 Å². The Labute approximate surface area is 180 Å². The molecule has 1 amide bonds. The molecular formula is C25H24N2O2S. The Bertz CT molecular complexity index is 1170. The van der Waals surface area contributed by atoms with Crippen LogP contribution in [0.15, 0.2) is 82.6 Å². The molecule has 1 atom stereocenters. The fourth-order valence-corrected chi connectivity index (χ4v) is 4.40. The van der Waals surface area contributed by atoms with E-state index in [0.29, 0.717) is 5.69 Å². The molecule has 0 radical (unpaired) electrons. The van der Waals surface area contributed by atoms with Crippen molar-refractivity contribution in [1.29, 1.82) is 0 Å². The van der Waals surface area contributed by atoms with E-state index in [0.717, 1.165) is 32.0 Å². The molecule has 0 bridgehead atoms. The first-order valence-electron chi connectivity index (χ1n) is 9.85. The van der Waals surface area contributed by atoms with E-state index in [1.54, 1.807) is 18.9 Å². The van der Waals surface area contributed by atoms with Crippen molar-refractivity contribution in [2.45, 2.75) is 29.7 Å². The van der Waals surface area contributed by atoms with Crippen LogP contribution in [0.3, 0.4) is 0 Å². The van der Waals surface area contributed by atoms with Gasteiger partial charge in [0.15, 0.2) is 0 Å². The van der Waals surface area contributed by atoms with Gasteiger partial charge in [0, 0.05) is 16.3 Å². The van der Waals surface area contributed by atoms with Crippen molar-refractivity contribution in [2.75, 3.05) is 7.11 Å². The number of carbonyl (C=O) groups excluding carboxylic acids is 1. The molecule has 0 saturated heterocycles. The molecular weight excluding hydrogens is 392 g/mol. The van der Waals surface area contributed by atoms with E-state index in [4.69, 9.17) is 4.74 Å². The van der Waals surface area contributed by atoms with Crippen molar-refractivity contribution in [3.8, 4) is 5.75 Å². The van der Waals surface area contributed by atoms with Gasteiger partial charge in [0.05, 0.1) is 23.6 Å². The zero-order valence-electron chi connectivity index (χ0n) is 17.2. The van der Waals surface area contributed by atoms with Gasteiger partial charge >= 0.3 is 0 Å². The molecule has 4 aromatic rings. The number of methoxy groups -OCH3 is 1. The lowest BCUT2D eigenvalue weighted by atomic mass is 10.1. The fraction of sp³-hybridized carbons (Fsp3) is 0.160. The Morgan fingerprint density at radius 3 is 2.47 bits per heavy atom. The number of fused-ring (bicyclic) bond motifs is 1. The maximum Gasteiger partial charge on any atom is 0.269 e. The van der Waals surface area contributed by atoms with Crippen LogP contribution in [-0.4, -0.2) is 18.0 Å². The number of aromatic amines is 1. The number of hydrogen-bond donors (Lipinski definition) is 2. The zero-order chi connectivity index (χ0) is 21.1. The highest BCUT2D eigenvalue weighted by molar-refractivity contribution is 7.99. The van der Waals surface area contributed by atoms with Crippen molar-refractivity contribution < 1.29 is 9.53 Å². The minimum atomic E-state index is -0.129. The third-order valence-corrected chi connectivity index (χ3v) is 6.21. The topological polar surface area (TPSA) is 54.1 Å². The lowest BCUT2D eigenvalue weighted by Crippen LogP contribution is -2.27. The molecule has 2 N–H and O–H groups in total. The van der Waals surface area contributed by atoms with Gasteiger partial charge in [0.1, 0.15) is 11.4 Å². The molecule has 1 aromatic heterocycles. The van der Waals surface area contributed by atoms with E-state index in [2.05, 4.69) is 41.5 Å². The Morgan fingerprint density at radius 2 is 1.77 bits per heavy atom. The molecule has 0 aliphatic rings. The summed E-state index contributed by atoms with van der Waals surface area (Å²) in [6.45, 7) is 4.06. The zero-order valence-corrected chi connectivity index (χ0v) is 18.0. The highest BCUT2D eigenvalue weighted by Gasteiger charge is 2.21. The predicted molar refractivity (Wildman–Crippen MR) is 122 cm³/mol. The average Bonchev–Trinajstić information content (AvgIpc) is 3.13. The maximum absolute atomic E-state index is 13.2. The molecule has 152 valence electrons.